The average molecular weight is 187 g/mol. The predicted octanol–water partition coefficient (Wildman–Crippen LogP) is 2.70. The lowest BCUT2D eigenvalue weighted by molar-refractivity contribution is -0.138. The molecule has 0 aromatic heterocycles. The minimum atomic E-state index is -0.215. The van der Waals surface area contributed by atoms with Crippen molar-refractivity contribution in [2.45, 2.75) is 34.6 Å². The summed E-state index contributed by atoms with van der Waals surface area (Å²) in [4.78, 5) is 11.1. The number of hydrogen-bond acceptors (Lipinski definition) is 3. The lowest BCUT2D eigenvalue weighted by Crippen LogP contribution is -2.09. The molecule has 3 N–H and O–H groups in total. The second-order valence-corrected chi connectivity index (χ2v) is 3.91. The molecule has 0 aliphatic rings. The van der Waals surface area contributed by atoms with E-state index in [9.17, 15) is 4.79 Å². The molecule has 0 heterocycles. The van der Waals surface area contributed by atoms with Gasteiger partial charge in [0.25, 0.3) is 0 Å². The Morgan fingerprint density at radius 3 is 2.15 bits per heavy atom. The van der Waals surface area contributed by atoms with Crippen LogP contribution >= 0.6 is 0 Å². The third-order valence-electron chi connectivity index (χ3n) is 1.25. The Bertz CT molecular complexity index is 190. The first-order chi connectivity index (χ1) is 5.37. The average Bonchev–Trinajstić information content (AvgIpc) is 1.84. The molecule has 78 valence electrons. The van der Waals surface area contributed by atoms with Crippen LogP contribution in [0.3, 0.4) is 0 Å². The van der Waals surface area contributed by atoms with Gasteiger partial charge in [0.05, 0.1) is 6.61 Å². The second-order valence-electron chi connectivity index (χ2n) is 3.91. The maximum Gasteiger partial charge on any atom is 0.333 e. The molecule has 0 atom stereocenters. The maximum atomic E-state index is 11.1. The van der Waals surface area contributed by atoms with Crippen molar-refractivity contribution >= 4 is 5.97 Å². The van der Waals surface area contributed by atoms with E-state index < -0.39 is 0 Å². The zero-order chi connectivity index (χ0) is 9.78. The first-order valence-electron chi connectivity index (χ1n) is 4.23. The molecule has 0 unspecified atom stereocenters. The summed E-state index contributed by atoms with van der Waals surface area (Å²) in [5.74, 6) is -0.215. The first kappa shape index (κ1) is 14.7. The predicted molar refractivity (Wildman–Crippen MR) is 54.9 cm³/mol. The van der Waals surface area contributed by atoms with E-state index in [1.165, 1.54) is 0 Å². The third kappa shape index (κ3) is 7.53. The largest absolute Gasteiger partial charge is 0.463 e. The summed E-state index contributed by atoms with van der Waals surface area (Å²) in [6.07, 6.45) is 1.92. The number of allylic oxidation sites excluding steroid dienone is 1. The highest BCUT2D eigenvalue weighted by molar-refractivity contribution is 5.87. The molecule has 0 spiro atoms. The Kier molecular flexibility index (Phi) is 6.50. The minimum Gasteiger partial charge on any atom is -0.463 e. The van der Waals surface area contributed by atoms with E-state index in [-0.39, 0.29) is 17.5 Å². The van der Waals surface area contributed by atoms with Crippen molar-refractivity contribution < 1.29 is 9.53 Å². The molecular weight excluding hydrogens is 166 g/mol. The topological polar surface area (TPSA) is 61.3 Å². The van der Waals surface area contributed by atoms with Crippen LogP contribution in [-0.2, 0) is 9.53 Å². The highest BCUT2D eigenvalue weighted by Crippen LogP contribution is 2.17. The highest BCUT2D eigenvalue weighted by atomic mass is 16.5. The van der Waals surface area contributed by atoms with E-state index >= 15 is 0 Å². The molecule has 13 heavy (non-hydrogen) atoms. The molecule has 0 bridgehead atoms. The van der Waals surface area contributed by atoms with Gasteiger partial charge in [-0.1, -0.05) is 26.8 Å². The summed E-state index contributed by atoms with van der Waals surface area (Å²) < 4.78 is 4.84. The van der Waals surface area contributed by atoms with Crippen LogP contribution in [0.1, 0.15) is 34.6 Å². The molecular formula is C10H21NO2. The fourth-order valence-electron chi connectivity index (χ4n) is 0.953. The van der Waals surface area contributed by atoms with Gasteiger partial charge < -0.3 is 10.9 Å². The van der Waals surface area contributed by atoms with E-state index in [2.05, 4.69) is 20.8 Å². The fraction of sp³-hybridized carbons (Fsp3) is 0.700. The molecule has 3 nitrogen and oxygen atoms in total. The van der Waals surface area contributed by atoms with Crippen LogP contribution < -0.4 is 6.15 Å². The number of carbonyl (C=O) groups is 1. The van der Waals surface area contributed by atoms with E-state index in [0.29, 0.717) is 12.2 Å². The lowest BCUT2D eigenvalue weighted by Gasteiger charge is -2.13. The molecule has 0 rings (SSSR count). The summed E-state index contributed by atoms with van der Waals surface area (Å²) in [7, 11) is 0. The Hall–Kier alpha value is -0.830. The van der Waals surface area contributed by atoms with E-state index in [4.69, 9.17) is 4.74 Å². The molecule has 0 amide bonds. The number of ether oxygens (including phenoxy) is 1. The van der Waals surface area contributed by atoms with Crippen molar-refractivity contribution in [1.82, 2.24) is 6.15 Å². The molecule has 3 heteroatoms. The van der Waals surface area contributed by atoms with Gasteiger partial charge in [-0.05, 0) is 19.3 Å². The monoisotopic (exact) mass is 187 g/mol. The van der Waals surface area contributed by atoms with Crippen LogP contribution in [0.4, 0.5) is 0 Å². The van der Waals surface area contributed by atoms with Gasteiger partial charge in [-0.15, -0.1) is 0 Å². The Balaban J connectivity index is 0. The van der Waals surface area contributed by atoms with Crippen LogP contribution in [0, 0.1) is 5.41 Å². The van der Waals surface area contributed by atoms with Crippen molar-refractivity contribution in [1.29, 1.82) is 0 Å². The zero-order valence-corrected chi connectivity index (χ0v) is 9.31. The summed E-state index contributed by atoms with van der Waals surface area (Å²) in [6, 6.07) is 0. The van der Waals surface area contributed by atoms with Crippen LogP contribution in [-0.4, -0.2) is 12.6 Å². The van der Waals surface area contributed by atoms with E-state index in [0.717, 1.165) is 0 Å². The molecule has 0 radical (unpaired) electrons. The van der Waals surface area contributed by atoms with Crippen molar-refractivity contribution in [2.75, 3.05) is 6.61 Å². The Labute approximate surface area is 80.7 Å². The molecule has 0 aliphatic heterocycles. The third-order valence-corrected chi connectivity index (χ3v) is 1.25. The van der Waals surface area contributed by atoms with Gasteiger partial charge in [0.1, 0.15) is 0 Å². The molecule has 0 aliphatic carbocycles. The molecule has 0 saturated heterocycles. The quantitative estimate of drug-likeness (QED) is 0.534. The standard InChI is InChI=1S/C10H18O2.H3N/c1-6-12-9(11)8(2)7-10(3,4)5;/h7H,6H2,1-5H3;1H3. The van der Waals surface area contributed by atoms with Gasteiger partial charge in [-0.2, -0.15) is 0 Å². The van der Waals surface area contributed by atoms with Crippen LogP contribution in [0.5, 0.6) is 0 Å². The molecule has 0 aromatic carbocycles. The highest BCUT2D eigenvalue weighted by Gasteiger charge is 2.11. The first-order valence-corrected chi connectivity index (χ1v) is 4.23. The van der Waals surface area contributed by atoms with Crippen molar-refractivity contribution in [3.05, 3.63) is 11.6 Å². The fourth-order valence-corrected chi connectivity index (χ4v) is 0.953. The molecule has 0 fully saturated rings. The maximum absolute atomic E-state index is 11.1. The van der Waals surface area contributed by atoms with Gasteiger partial charge in [0.2, 0.25) is 0 Å². The molecule has 0 saturated carbocycles. The van der Waals surface area contributed by atoms with Gasteiger partial charge in [-0.25, -0.2) is 4.79 Å². The van der Waals surface area contributed by atoms with Crippen LogP contribution in [0.25, 0.3) is 0 Å². The van der Waals surface area contributed by atoms with Gasteiger partial charge >= 0.3 is 5.97 Å². The normalized spacial score (nSPS) is 11.9. The summed E-state index contributed by atoms with van der Waals surface area (Å²) in [6.45, 7) is 10.2. The number of carbonyl (C=O) groups excluding carboxylic acids is 1. The van der Waals surface area contributed by atoms with Crippen molar-refractivity contribution in [3.8, 4) is 0 Å². The number of rotatable bonds is 2. The number of hydrogen-bond donors (Lipinski definition) is 1. The van der Waals surface area contributed by atoms with Crippen molar-refractivity contribution in [3.63, 3.8) is 0 Å². The van der Waals surface area contributed by atoms with Crippen LogP contribution in [0.2, 0.25) is 0 Å². The van der Waals surface area contributed by atoms with E-state index in [1.807, 2.05) is 13.0 Å². The minimum absolute atomic E-state index is 0. The smallest absolute Gasteiger partial charge is 0.333 e. The van der Waals surface area contributed by atoms with Gasteiger partial charge in [-0.3, -0.25) is 0 Å². The summed E-state index contributed by atoms with van der Waals surface area (Å²) in [5, 5.41) is 0. The second kappa shape index (κ2) is 5.75. The lowest BCUT2D eigenvalue weighted by atomic mass is 9.94. The van der Waals surface area contributed by atoms with Gasteiger partial charge in [0.15, 0.2) is 0 Å². The number of esters is 1. The van der Waals surface area contributed by atoms with Crippen LogP contribution in [0.15, 0.2) is 11.6 Å². The van der Waals surface area contributed by atoms with E-state index in [1.54, 1.807) is 6.92 Å². The SMILES string of the molecule is CCOC(=O)C(C)=CC(C)(C)C.N. The summed E-state index contributed by atoms with van der Waals surface area (Å²) in [5.41, 5.74) is 0.723. The summed E-state index contributed by atoms with van der Waals surface area (Å²) >= 11 is 0. The van der Waals surface area contributed by atoms with Crippen molar-refractivity contribution in [2.24, 2.45) is 5.41 Å². The van der Waals surface area contributed by atoms with Gasteiger partial charge in [0, 0.05) is 5.57 Å². The Morgan fingerprint density at radius 2 is 1.85 bits per heavy atom. The zero-order valence-electron chi connectivity index (χ0n) is 9.31. The Morgan fingerprint density at radius 1 is 1.38 bits per heavy atom. The molecule has 0 aromatic rings.